The smallest absolute Gasteiger partial charge is 0.171 e. The molecular formula is C20H23N5OS. The van der Waals surface area contributed by atoms with Crippen LogP contribution in [-0.4, -0.2) is 50.3 Å². The third kappa shape index (κ3) is 3.56. The van der Waals surface area contributed by atoms with Gasteiger partial charge in [0, 0.05) is 48.0 Å². The predicted molar refractivity (Wildman–Crippen MR) is 110 cm³/mol. The fraction of sp³-hybridized carbons (Fsp3) is 0.400. The second-order valence-corrected chi connectivity index (χ2v) is 8.96. The molecule has 1 N–H and O–H groups in total. The van der Waals surface area contributed by atoms with Gasteiger partial charge in [-0.15, -0.1) is 0 Å². The van der Waals surface area contributed by atoms with Crippen molar-refractivity contribution in [1.82, 2.24) is 19.9 Å². The van der Waals surface area contributed by atoms with Gasteiger partial charge in [-0.05, 0) is 12.1 Å². The van der Waals surface area contributed by atoms with Gasteiger partial charge in [0.25, 0.3) is 0 Å². The zero-order chi connectivity index (χ0) is 19.0. The normalized spacial score (nSPS) is 15.3. The summed E-state index contributed by atoms with van der Waals surface area (Å²) in [5, 5.41) is 0. The average Bonchev–Trinajstić information content (AvgIpc) is 3.10. The summed E-state index contributed by atoms with van der Waals surface area (Å²) >= 11 is 1.98. The van der Waals surface area contributed by atoms with Crippen molar-refractivity contribution in [2.24, 2.45) is 5.41 Å². The fourth-order valence-electron chi connectivity index (χ4n) is 3.15. The Bertz CT molecular complexity index is 985. The maximum atomic E-state index is 12.7. The molecule has 0 amide bonds. The molecule has 0 bridgehead atoms. The van der Waals surface area contributed by atoms with Gasteiger partial charge >= 0.3 is 0 Å². The number of nitrogens with one attached hydrogen (secondary N) is 1. The highest BCUT2D eigenvalue weighted by Gasteiger charge is 2.26. The maximum absolute atomic E-state index is 12.7. The van der Waals surface area contributed by atoms with Crippen LogP contribution in [0, 0.1) is 5.41 Å². The standard InChI is InChI=1S/C20H23N5OS/c1-20(2,3)18(26)14-11-22-19-17(14)24-15(12-23-19)13-4-5-21-16(10-13)25-6-8-27-9-7-25/h4-5,10-12H,6-9H2,1-3H3,(H,22,23). The Hall–Kier alpha value is -2.41. The van der Waals surface area contributed by atoms with Crippen LogP contribution in [0.25, 0.3) is 22.4 Å². The van der Waals surface area contributed by atoms with Crippen LogP contribution >= 0.6 is 11.8 Å². The van der Waals surface area contributed by atoms with Gasteiger partial charge in [-0.2, -0.15) is 11.8 Å². The minimum Gasteiger partial charge on any atom is -0.355 e. The van der Waals surface area contributed by atoms with Gasteiger partial charge in [0.1, 0.15) is 11.3 Å². The molecule has 4 rings (SSSR count). The number of hydrogen-bond acceptors (Lipinski definition) is 6. The lowest BCUT2D eigenvalue weighted by molar-refractivity contribution is 0.0860. The molecule has 0 spiro atoms. The topological polar surface area (TPSA) is 74.8 Å². The molecule has 0 radical (unpaired) electrons. The first-order chi connectivity index (χ1) is 12.9. The summed E-state index contributed by atoms with van der Waals surface area (Å²) in [6, 6.07) is 4.00. The monoisotopic (exact) mass is 381 g/mol. The van der Waals surface area contributed by atoms with E-state index >= 15 is 0 Å². The number of anilines is 1. The summed E-state index contributed by atoms with van der Waals surface area (Å²) in [6.45, 7) is 7.76. The summed E-state index contributed by atoms with van der Waals surface area (Å²) in [7, 11) is 0. The Morgan fingerprint density at radius 1 is 1.22 bits per heavy atom. The van der Waals surface area contributed by atoms with Crippen LogP contribution < -0.4 is 4.90 Å². The van der Waals surface area contributed by atoms with E-state index in [1.807, 2.05) is 44.8 Å². The minimum atomic E-state index is -0.469. The van der Waals surface area contributed by atoms with Crippen molar-refractivity contribution < 1.29 is 4.79 Å². The molecule has 0 atom stereocenters. The molecule has 0 unspecified atom stereocenters. The van der Waals surface area contributed by atoms with E-state index in [4.69, 9.17) is 4.98 Å². The quantitative estimate of drug-likeness (QED) is 0.696. The first-order valence-corrected chi connectivity index (χ1v) is 10.3. The van der Waals surface area contributed by atoms with Crippen molar-refractivity contribution in [1.29, 1.82) is 0 Å². The molecule has 1 fully saturated rings. The number of H-pyrrole nitrogens is 1. The second-order valence-electron chi connectivity index (χ2n) is 7.74. The Morgan fingerprint density at radius 2 is 2.00 bits per heavy atom. The van der Waals surface area contributed by atoms with Gasteiger partial charge in [0.05, 0.1) is 17.5 Å². The summed E-state index contributed by atoms with van der Waals surface area (Å²) in [5.41, 5.74) is 3.09. The van der Waals surface area contributed by atoms with Crippen LogP contribution in [-0.2, 0) is 0 Å². The van der Waals surface area contributed by atoms with Crippen molar-refractivity contribution >= 4 is 34.5 Å². The lowest BCUT2D eigenvalue weighted by Crippen LogP contribution is -2.33. The average molecular weight is 382 g/mol. The summed E-state index contributed by atoms with van der Waals surface area (Å²) in [5.74, 6) is 3.27. The number of fused-ring (bicyclic) bond motifs is 1. The number of carbonyl (C=O) groups is 1. The van der Waals surface area contributed by atoms with Gasteiger partial charge in [0.2, 0.25) is 0 Å². The summed E-state index contributed by atoms with van der Waals surface area (Å²) < 4.78 is 0. The maximum Gasteiger partial charge on any atom is 0.171 e. The molecule has 1 saturated heterocycles. The third-order valence-corrected chi connectivity index (χ3v) is 5.63. The molecule has 1 aliphatic rings. The minimum absolute atomic E-state index is 0.0569. The van der Waals surface area contributed by atoms with E-state index in [0.29, 0.717) is 16.7 Å². The number of rotatable bonds is 3. The van der Waals surface area contributed by atoms with E-state index in [9.17, 15) is 4.79 Å². The molecule has 3 aromatic rings. The largest absolute Gasteiger partial charge is 0.355 e. The number of ketones is 1. The third-order valence-electron chi connectivity index (χ3n) is 4.68. The number of aromatic amines is 1. The zero-order valence-electron chi connectivity index (χ0n) is 15.8. The highest BCUT2D eigenvalue weighted by Crippen LogP contribution is 2.28. The number of carbonyl (C=O) groups excluding carboxylic acids is 1. The Morgan fingerprint density at radius 3 is 2.74 bits per heavy atom. The van der Waals surface area contributed by atoms with Crippen LogP contribution in [0.2, 0.25) is 0 Å². The number of hydrogen-bond donors (Lipinski definition) is 1. The number of nitrogens with zero attached hydrogens (tertiary/aromatic N) is 4. The number of Topliss-reactive ketones (excluding diaryl/α,β-unsaturated/α-hetero) is 1. The van der Waals surface area contributed by atoms with Crippen molar-refractivity contribution in [3.8, 4) is 11.3 Å². The van der Waals surface area contributed by atoms with Crippen LogP contribution in [0.3, 0.4) is 0 Å². The molecule has 0 saturated carbocycles. The van der Waals surface area contributed by atoms with E-state index in [0.717, 1.165) is 41.7 Å². The second kappa shape index (κ2) is 6.96. The highest BCUT2D eigenvalue weighted by molar-refractivity contribution is 7.99. The van der Waals surface area contributed by atoms with Gasteiger partial charge in [-0.3, -0.25) is 4.79 Å². The van der Waals surface area contributed by atoms with Crippen molar-refractivity contribution in [3.05, 3.63) is 36.3 Å². The van der Waals surface area contributed by atoms with Gasteiger partial charge in [0.15, 0.2) is 11.4 Å². The number of pyridine rings is 1. The molecule has 6 nitrogen and oxygen atoms in total. The lowest BCUT2D eigenvalue weighted by atomic mass is 9.87. The lowest BCUT2D eigenvalue weighted by Gasteiger charge is -2.27. The highest BCUT2D eigenvalue weighted by atomic mass is 32.2. The zero-order valence-corrected chi connectivity index (χ0v) is 16.6. The first-order valence-electron chi connectivity index (χ1n) is 9.11. The SMILES string of the molecule is CC(C)(C)C(=O)c1c[nH]c2ncc(-c3ccnc(N4CCSCC4)c3)nc12. The van der Waals surface area contributed by atoms with Crippen LogP contribution in [0.4, 0.5) is 5.82 Å². The fourth-order valence-corrected chi connectivity index (χ4v) is 4.05. The Labute approximate surface area is 162 Å². The molecule has 7 heteroatoms. The number of aromatic nitrogens is 4. The van der Waals surface area contributed by atoms with E-state index < -0.39 is 5.41 Å². The molecule has 0 aromatic carbocycles. The van der Waals surface area contributed by atoms with Gasteiger partial charge in [-0.1, -0.05) is 20.8 Å². The van der Waals surface area contributed by atoms with Crippen molar-refractivity contribution in [2.45, 2.75) is 20.8 Å². The van der Waals surface area contributed by atoms with E-state index in [2.05, 4.69) is 25.9 Å². The summed E-state index contributed by atoms with van der Waals surface area (Å²) in [4.78, 5) is 31.9. The van der Waals surface area contributed by atoms with Crippen LogP contribution in [0.1, 0.15) is 31.1 Å². The van der Waals surface area contributed by atoms with Crippen molar-refractivity contribution in [3.63, 3.8) is 0 Å². The molecule has 0 aliphatic carbocycles. The van der Waals surface area contributed by atoms with E-state index in [-0.39, 0.29) is 5.78 Å². The Balaban J connectivity index is 1.73. The summed E-state index contributed by atoms with van der Waals surface area (Å²) in [6.07, 6.45) is 5.28. The van der Waals surface area contributed by atoms with Gasteiger partial charge in [-0.25, -0.2) is 15.0 Å². The number of thioether (sulfide) groups is 1. The predicted octanol–water partition coefficient (Wildman–Crippen LogP) is 3.80. The molecule has 3 aromatic heterocycles. The van der Waals surface area contributed by atoms with Crippen LogP contribution in [0.5, 0.6) is 0 Å². The van der Waals surface area contributed by atoms with E-state index in [1.54, 1.807) is 12.4 Å². The van der Waals surface area contributed by atoms with Crippen molar-refractivity contribution in [2.75, 3.05) is 29.5 Å². The van der Waals surface area contributed by atoms with E-state index in [1.165, 1.54) is 0 Å². The van der Waals surface area contributed by atoms with Gasteiger partial charge < -0.3 is 9.88 Å². The Kier molecular flexibility index (Phi) is 4.63. The molecular weight excluding hydrogens is 358 g/mol. The first kappa shape index (κ1) is 18.0. The van der Waals surface area contributed by atoms with Crippen LogP contribution in [0.15, 0.2) is 30.7 Å². The molecule has 27 heavy (non-hydrogen) atoms. The molecule has 140 valence electrons. The molecule has 4 heterocycles. The molecule has 1 aliphatic heterocycles.